The summed E-state index contributed by atoms with van der Waals surface area (Å²) in [6.45, 7) is 5.18. The van der Waals surface area contributed by atoms with E-state index in [1.54, 1.807) is 40.1 Å². The zero-order valence-corrected chi connectivity index (χ0v) is 30.3. The summed E-state index contributed by atoms with van der Waals surface area (Å²) < 4.78 is 45.0. The molecule has 1 saturated heterocycles. The molecule has 2 aromatic rings. The third kappa shape index (κ3) is 8.40. The molecule has 1 aromatic carbocycles. The quantitative estimate of drug-likeness (QED) is 0.358. The van der Waals surface area contributed by atoms with E-state index < -0.39 is 74.3 Å². The standard InChI is InChI=1S/C36H47N5O9S/c1-35(2,3)50-34(45)38-28-11-9-7-5-6-8-10-23-20-36(23,33(44)40-51(46,47)26-13-14-26)39-30(42)29-19-25(21-41(29)32(28)43)49-31-27-15-12-24(48-4)18-22(27)16-17-37-31/h8,10,12,15-18,23,25-26,28-29H,5-7,9,11,13-14,19-21H2,1-4H3,(H,38,45)(H,39,42)(H,40,44)/b10-8-/t23?,25?,28-,29-,36+/m0/s1. The second kappa shape index (κ2) is 14.3. The number of carbonyl (C=O) groups excluding carboxylic acids is 4. The zero-order chi connectivity index (χ0) is 36.6. The number of methoxy groups -OCH3 is 1. The molecule has 14 nitrogen and oxygen atoms in total. The van der Waals surface area contributed by atoms with Crippen LogP contribution in [0.1, 0.15) is 78.6 Å². The fraction of sp³-hybridized carbons (Fsp3) is 0.583. The Kier molecular flexibility index (Phi) is 10.2. The lowest BCUT2D eigenvalue weighted by atomic mass is 10.0. The van der Waals surface area contributed by atoms with Crippen LogP contribution >= 0.6 is 0 Å². The van der Waals surface area contributed by atoms with Gasteiger partial charge in [0, 0.05) is 23.9 Å². The first-order valence-electron chi connectivity index (χ1n) is 17.6. The fourth-order valence-corrected chi connectivity index (χ4v) is 8.17. The van der Waals surface area contributed by atoms with Crippen molar-refractivity contribution in [1.29, 1.82) is 0 Å². The Morgan fingerprint density at radius 3 is 2.59 bits per heavy atom. The van der Waals surface area contributed by atoms with Crippen molar-refractivity contribution in [3.63, 3.8) is 0 Å². The largest absolute Gasteiger partial charge is 0.497 e. The van der Waals surface area contributed by atoms with Crippen molar-refractivity contribution in [1.82, 2.24) is 25.2 Å². The van der Waals surface area contributed by atoms with Crippen LogP contribution in [0, 0.1) is 5.92 Å². The molecule has 15 heteroatoms. The van der Waals surface area contributed by atoms with Crippen LogP contribution < -0.4 is 24.8 Å². The highest BCUT2D eigenvalue weighted by atomic mass is 32.2. The van der Waals surface area contributed by atoms with Gasteiger partial charge in [0.1, 0.15) is 35.1 Å². The summed E-state index contributed by atoms with van der Waals surface area (Å²) in [5.41, 5.74) is -2.29. The number of rotatable bonds is 7. The maximum Gasteiger partial charge on any atom is 0.408 e. The summed E-state index contributed by atoms with van der Waals surface area (Å²) in [6, 6.07) is 5.19. The molecule has 0 spiro atoms. The van der Waals surface area contributed by atoms with Gasteiger partial charge in [-0.05, 0) is 88.9 Å². The van der Waals surface area contributed by atoms with Gasteiger partial charge in [0.05, 0.1) is 18.9 Å². The molecule has 0 bridgehead atoms. The number of hydrogen-bond acceptors (Lipinski definition) is 10. The summed E-state index contributed by atoms with van der Waals surface area (Å²) in [5.74, 6) is -1.34. The van der Waals surface area contributed by atoms with Gasteiger partial charge in [0.2, 0.25) is 27.7 Å². The van der Waals surface area contributed by atoms with Crippen molar-refractivity contribution in [3.05, 3.63) is 42.6 Å². The minimum Gasteiger partial charge on any atom is -0.497 e. The Morgan fingerprint density at radius 2 is 1.86 bits per heavy atom. The van der Waals surface area contributed by atoms with Gasteiger partial charge in [0.15, 0.2) is 0 Å². The van der Waals surface area contributed by atoms with Gasteiger partial charge in [-0.1, -0.05) is 25.0 Å². The lowest BCUT2D eigenvalue weighted by Crippen LogP contribution is -2.58. The molecule has 0 radical (unpaired) electrons. The minimum absolute atomic E-state index is 0.00374. The van der Waals surface area contributed by atoms with E-state index in [0.717, 1.165) is 18.2 Å². The molecule has 5 atom stereocenters. The topological polar surface area (TPSA) is 182 Å². The summed E-state index contributed by atoms with van der Waals surface area (Å²) in [7, 11) is -2.31. The number of pyridine rings is 1. The van der Waals surface area contributed by atoms with Crippen LogP contribution in [0.15, 0.2) is 42.6 Å². The monoisotopic (exact) mass is 725 g/mol. The molecular formula is C36H47N5O9S. The van der Waals surface area contributed by atoms with Crippen LogP contribution in [0.2, 0.25) is 0 Å². The smallest absolute Gasteiger partial charge is 0.408 e. The highest BCUT2D eigenvalue weighted by Gasteiger charge is 2.62. The number of hydrogen-bond donors (Lipinski definition) is 3. The first kappa shape index (κ1) is 36.4. The average molecular weight is 726 g/mol. The third-order valence-electron chi connectivity index (χ3n) is 9.75. The molecule has 3 fully saturated rings. The van der Waals surface area contributed by atoms with Crippen LogP contribution in [-0.4, -0.2) is 90.3 Å². The maximum atomic E-state index is 14.4. The van der Waals surface area contributed by atoms with Gasteiger partial charge in [0.25, 0.3) is 5.91 Å². The number of benzene rings is 1. The SMILES string of the molecule is COc1ccc2c(OC3C[C@H]4C(=O)N[C@]5(C(=O)NS(=O)(=O)C6CC6)CC5/C=C\CCCCC[C@H](NC(=O)OC(C)(C)C)C(=O)N4C3)nccc2c1. The molecule has 51 heavy (non-hydrogen) atoms. The number of nitrogens with zero attached hydrogens (tertiary/aromatic N) is 2. The van der Waals surface area contributed by atoms with Gasteiger partial charge < -0.3 is 29.7 Å². The molecule has 3 heterocycles. The number of alkyl carbamates (subject to hydrolysis) is 1. The molecule has 4 aliphatic rings. The molecule has 3 N–H and O–H groups in total. The van der Waals surface area contributed by atoms with Crippen molar-refractivity contribution in [2.45, 2.75) is 113 Å². The van der Waals surface area contributed by atoms with Crippen LogP contribution in [-0.2, 0) is 29.1 Å². The van der Waals surface area contributed by atoms with Gasteiger partial charge in [-0.3, -0.25) is 19.1 Å². The van der Waals surface area contributed by atoms with Gasteiger partial charge in [-0.25, -0.2) is 18.2 Å². The van der Waals surface area contributed by atoms with Crippen molar-refractivity contribution in [2.75, 3.05) is 13.7 Å². The Morgan fingerprint density at radius 1 is 1.08 bits per heavy atom. The number of nitrogens with one attached hydrogen (secondary N) is 3. The highest BCUT2D eigenvalue weighted by molar-refractivity contribution is 7.91. The van der Waals surface area contributed by atoms with E-state index in [4.69, 9.17) is 14.2 Å². The lowest BCUT2D eigenvalue weighted by molar-refractivity contribution is -0.141. The number of carbonyl (C=O) groups is 4. The Labute approximate surface area is 298 Å². The van der Waals surface area contributed by atoms with Crippen LogP contribution in [0.4, 0.5) is 4.79 Å². The number of allylic oxidation sites excluding steroid dienone is 1. The Bertz CT molecular complexity index is 1820. The maximum absolute atomic E-state index is 14.4. The first-order valence-corrected chi connectivity index (χ1v) is 19.2. The predicted octanol–water partition coefficient (Wildman–Crippen LogP) is 3.49. The molecule has 2 unspecified atom stereocenters. The van der Waals surface area contributed by atoms with Gasteiger partial charge >= 0.3 is 6.09 Å². The zero-order valence-electron chi connectivity index (χ0n) is 29.5. The van der Waals surface area contributed by atoms with Gasteiger partial charge in [-0.2, -0.15) is 0 Å². The molecule has 2 saturated carbocycles. The van der Waals surface area contributed by atoms with E-state index in [1.165, 1.54) is 4.90 Å². The minimum atomic E-state index is -3.88. The second-order valence-electron chi connectivity index (χ2n) is 14.9. The first-order chi connectivity index (χ1) is 24.2. The molecule has 6 rings (SSSR count). The van der Waals surface area contributed by atoms with E-state index in [0.29, 0.717) is 49.1 Å². The van der Waals surface area contributed by atoms with E-state index in [2.05, 4.69) is 20.3 Å². The average Bonchev–Trinajstić information content (AvgIpc) is 3.99. The second-order valence-corrected chi connectivity index (χ2v) is 16.9. The van der Waals surface area contributed by atoms with Gasteiger partial charge in [-0.15, -0.1) is 0 Å². The molecule has 4 amide bonds. The van der Waals surface area contributed by atoms with E-state index >= 15 is 0 Å². The normalized spacial score (nSPS) is 27.9. The predicted molar refractivity (Wildman–Crippen MR) is 187 cm³/mol. The van der Waals surface area contributed by atoms with E-state index in [-0.39, 0.29) is 19.4 Å². The molecular weight excluding hydrogens is 678 g/mol. The summed E-state index contributed by atoms with van der Waals surface area (Å²) >= 11 is 0. The molecule has 1 aromatic heterocycles. The van der Waals surface area contributed by atoms with Crippen LogP contribution in [0.3, 0.4) is 0 Å². The van der Waals surface area contributed by atoms with Crippen molar-refractivity contribution in [2.24, 2.45) is 5.92 Å². The Balaban J connectivity index is 1.30. The summed E-state index contributed by atoms with van der Waals surface area (Å²) in [4.78, 5) is 61.1. The summed E-state index contributed by atoms with van der Waals surface area (Å²) in [6.07, 6.45) is 8.41. The third-order valence-corrected chi connectivity index (χ3v) is 11.6. The Hall–Kier alpha value is -4.40. The number of aromatic nitrogens is 1. The number of ether oxygens (including phenoxy) is 3. The van der Waals surface area contributed by atoms with Crippen LogP contribution in [0.25, 0.3) is 10.8 Å². The van der Waals surface area contributed by atoms with E-state index in [9.17, 15) is 27.6 Å². The molecule has 2 aliphatic heterocycles. The number of amides is 4. The van der Waals surface area contributed by atoms with E-state index in [1.807, 2.05) is 30.4 Å². The van der Waals surface area contributed by atoms with Crippen LogP contribution in [0.5, 0.6) is 11.6 Å². The summed E-state index contributed by atoms with van der Waals surface area (Å²) in [5, 5.41) is 6.51. The number of fused-ring (bicyclic) bond motifs is 3. The lowest BCUT2D eigenvalue weighted by Gasteiger charge is -2.30. The highest BCUT2D eigenvalue weighted by Crippen LogP contribution is 2.46. The van der Waals surface area contributed by atoms with Crippen molar-refractivity contribution < 1.29 is 41.8 Å². The van der Waals surface area contributed by atoms with Crippen molar-refractivity contribution in [3.8, 4) is 11.6 Å². The molecule has 2 aliphatic carbocycles. The fourth-order valence-electron chi connectivity index (χ4n) is 6.80. The van der Waals surface area contributed by atoms with Crippen molar-refractivity contribution >= 4 is 44.6 Å². The molecule has 276 valence electrons. The number of sulfonamides is 1.